The highest BCUT2D eigenvalue weighted by Gasteiger charge is 2.11. The Labute approximate surface area is 121 Å². The molecular weight excluding hydrogens is 266 g/mol. The topological polar surface area (TPSA) is 89.8 Å². The van der Waals surface area contributed by atoms with E-state index >= 15 is 0 Å². The number of tetrazole rings is 1. The maximum atomic E-state index is 10.2. The summed E-state index contributed by atoms with van der Waals surface area (Å²) in [6.07, 6.45) is -0.705. The van der Waals surface area contributed by atoms with Crippen molar-refractivity contribution in [1.82, 2.24) is 20.2 Å². The second kappa shape index (κ2) is 5.72. The van der Waals surface area contributed by atoms with E-state index in [0.717, 1.165) is 11.1 Å². The second-order valence-corrected chi connectivity index (χ2v) is 4.72. The third-order valence-electron chi connectivity index (χ3n) is 3.14. The maximum Gasteiger partial charge on any atom is 0.204 e. The Bertz CT molecular complexity index is 708. The van der Waals surface area contributed by atoms with E-state index < -0.39 is 6.10 Å². The first-order valence-corrected chi connectivity index (χ1v) is 6.59. The fourth-order valence-corrected chi connectivity index (χ4v) is 2.00. The fraction of sp³-hybridized carbons (Fsp3) is 0.133. The smallest absolute Gasteiger partial charge is 0.204 e. The van der Waals surface area contributed by atoms with Gasteiger partial charge in [0.15, 0.2) is 0 Å². The first-order valence-electron chi connectivity index (χ1n) is 6.59. The monoisotopic (exact) mass is 281 g/mol. The third-order valence-corrected chi connectivity index (χ3v) is 3.14. The number of nitrogens with zero attached hydrogens (tertiary/aromatic N) is 4. The lowest BCUT2D eigenvalue weighted by atomic mass is 10.1. The highest BCUT2D eigenvalue weighted by Crippen LogP contribution is 2.17. The molecule has 3 N–H and O–H groups in total. The van der Waals surface area contributed by atoms with Crippen molar-refractivity contribution in [3.63, 3.8) is 0 Å². The molecule has 2 aromatic carbocycles. The first-order chi connectivity index (χ1) is 10.2. The van der Waals surface area contributed by atoms with Gasteiger partial charge in [-0.3, -0.25) is 0 Å². The minimum Gasteiger partial charge on any atom is -0.399 e. The number of hydrogen-bond acceptors (Lipinski definition) is 5. The van der Waals surface area contributed by atoms with Crippen molar-refractivity contribution in [2.75, 3.05) is 5.73 Å². The number of benzene rings is 2. The van der Waals surface area contributed by atoms with Crippen LogP contribution in [0, 0.1) is 0 Å². The van der Waals surface area contributed by atoms with Gasteiger partial charge in [0.05, 0.1) is 6.54 Å². The van der Waals surface area contributed by atoms with E-state index in [9.17, 15) is 5.11 Å². The molecule has 1 heterocycles. The lowest BCUT2D eigenvalue weighted by Gasteiger charge is -2.09. The Morgan fingerprint density at radius 3 is 2.48 bits per heavy atom. The summed E-state index contributed by atoms with van der Waals surface area (Å²) in [5, 5.41) is 22.4. The number of aliphatic hydroxyl groups excluding tert-OH is 1. The Kier molecular flexibility index (Phi) is 3.61. The number of hydrogen-bond donors (Lipinski definition) is 2. The van der Waals surface area contributed by atoms with E-state index in [-0.39, 0.29) is 6.54 Å². The van der Waals surface area contributed by atoms with Gasteiger partial charge in [-0.05, 0) is 22.9 Å². The van der Waals surface area contributed by atoms with E-state index in [1.54, 1.807) is 24.3 Å². The van der Waals surface area contributed by atoms with Crippen molar-refractivity contribution in [2.24, 2.45) is 0 Å². The molecular formula is C15H15N5O. The molecule has 0 aliphatic carbocycles. The van der Waals surface area contributed by atoms with Gasteiger partial charge >= 0.3 is 0 Å². The molecule has 1 atom stereocenters. The van der Waals surface area contributed by atoms with Crippen LogP contribution in [0.4, 0.5) is 5.69 Å². The molecule has 1 aromatic heterocycles. The predicted molar refractivity (Wildman–Crippen MR) is 79.1 cm³/mol. The summed E-state index contributed by atoms with van der Waals surface area (Å²) < 4.78 is 0. The van der Waals surface area contributed by atoms with E-state index in [0.29, 0.717) is 11.5 Å². The van der Waals surface area contributed by atoms with Crippen molar-refractivity contribution in [2.45, 2.75) is 12.6 Å². The van der Waals surface area contributed by atoms with Crippen molar-refractivity contribution in [3.8, 4) is 11.4 Å². The average molecular weight is 281 g/mol. The maximum absolute atomic E-state index is 10.2. The van der Waals surface area contributed by atoms with Crippen LogP contribution in [-0.2, 0) is 6.54 Å². The Hall–Kier alpha value is -2.73. The molecule has 3 aromatic rings. The summed E-state index contributed by atoms with van der Waals surface area (Å²) in [6, 6.07) is 16.7. The highest BCUT2D eigenvalue weighted by molar-refractivity contribution is 5.52. The number of nitrogen functional groups attached to an aromatic ring is 1. The van der Waals surface area contributed by atoms with Crippen LogP contribution in [0.1, 0.15) is 11.7 Å². The molecule has 0 radical (unpaired) electrons. The van der Waals surface area contributed by atoms with Crippen LogP contribution < -0.4 is 5.73 Å². The van der Waals surface area contributed by atoms with Gasteiger partial charge < -0.3 is 10.8 Å². The van der Waals surface area contributed by atoms with Crippen molar-refractivity contribution in [1.29, 1.82) is 0 Å². The van der Waals surface area contributed by atoms with E-state index in [4.69, 9.17) is 5.73 Å². The van der Waals surface area contributed by atoms with Gasteiger partial charge in [0.25, 0.3) is 0 Å². The van der Waals surface area contributed by atoms with Gasteiger partial charge in [0, 0.05) is 11.3 Å². The first kappa shape index (κ1) is 13.3. The van der Waals surface area contributed by atoms with Crippen LogP contribution in [0.3, 0.4) is 0 Å². The summed E-state index contributed by atoms with van der Waals surface area (Å²) in [4.78, 5) is 1.39. The van der Waals surface area contributed by atoms with Crippen molar-refractivity contribution < 1.29 is 5.11 Å². The highest BCUT2D eigenvalue weighted by atomic mass is 16.3. The number of rotatable bonds is 4. The Balaban J connectivity index is 1.74. The van der Waals surface area contributed by atoms with Gasteiger partial charge in [-0.2, -0.15) is 4.80 Å². The zero-order chi connectivity index (χ0) is 14.7. The minimum atomic E-state index is -0.705. The standard InChI is InChI=1S/C15H15N5O/c16-13-8-6-11(7-9-13)14(21)10-20-18-15(17-19-20)12-4-2-1-3-5-12/h1-9,14,21H,10,16H2. The Morgan fingerprint density at radius 2 is 1.76 bits per heavy atom. The van der Waals surface area contributed by atoms with Gasteiger partial charge in [0.1, 0.15) is 6.10 Å². The van der Waals surface area contributed by atoms with Crippen LogP contribution >= 0.6 is 0 Å². The third kappa shape index (κ3) is 3.06. The Morgan fingerprint density at radius 1 is 1.05 bits per heavy atom. The molecule has 0 aliphatic heterocycles. The lowest BCUT2D eigenvalue weighted by molar-refractivity contribution is 0.144. The molecule has 0 fully saturated rings. The number of aromatic nitrogens is 4. The molecule has 0 saturated carbocycles. The van der Waals surface area contributed by atoms with Crippen LogP contribution in [0.2, 0.25) is 0 Å². The quantitative estimate of drug-likeness (QED) is 0.710. The number of anilines is 1. The largest absolute Gasteiger partial charge is 0.399 e. The summed E-state index contributed by atoms with van der Waals surface area (Å²) in [7, 11) is 0. The van der Waals surface area contributed by atoms with Gasteiger partial charge in [-0.15, -0.1) is 10.2 Å². The zero-order valence-corrected chi connectivity index (χ0v) is 11.3. The molecule has 3 rings (SSSR count). The summed E-state index contributed by atoms with van der Waals surface area (Å²) in [6.45, 7) is 0.240. The molecule has 6 nitrogen and oxygen atoms in total. The van der Waals surface area contributed by atoms with Crippen LogP contribution in [0.25, 0.3) is 11.4 Å². The molecule has 6 heteroatoms. The summed E-state index contributed by atoms with van der Waals surface area (Å²) in [5.74, 6) is 0.542. The van der Waals surface area contributed by atoms with E-state index in [2.05, 4.69) is 15.4 Å². The van der Waals surface area contributed by atoms with Crippen molar-refractivity contribution >= 4 is 5.69 Å². The molecule has 0 amide bonds. The fourth-order valence-electron chi connectivity index (χ4n) is 2.00. The van der Waals surface area contributed by atoms with E-state index in [1.807, 2.05) is 30.3 Å². The molecule has 0 bridgehead atoms. The van der Waals surface area contributed by atoms with Crippen LogP contribution in [0.5, 0.6) is 0 Å². The van der Waals surface area contributed by atoms with Crippen LogP contribution in [0.15, 0.2) is 54.6 Å². The summed E-state index contributed by atoms with van der Waals surface area (Å²) in [5.41, 5.74) is 7.95. The number of aliphatic hydroxyl groups is 1. The SMILES string of the molecule is Nc1ccc(C(O)Cn2nnc(-c3ccccc3)n2)cc1. The number of nitrogens with two attached hydrogens (primary N) is 1. The zero-order valence-electron chi connectivity index (χ0n) is 11.3. The molecule has 1 unspecified atom stereocenters. The summed E-state index contributed by atoms with van der Waals surface area (Å²) >= 11 is 0. The molecule has 106 valence electrons. The predicted octanol–water partition coefficient (Wildman–Crippen LogP) is 1.66. The normalized spacial score (nSPS) is 12.2. The van der Waals surface area contributed by atoms with Crippen molar-refractivity contribution in [3.05, 3.63) is 60.2 Å². The lowest BCUT2D eigenvalue weighted by Crippen LogP contribution is -2.11. The van der Waals surface area contributed by atoms with E-state index in [1.165, 1.54) is 4.80 Å². The molecule has 0 spiro atoms. The van der Waals surface area contributed by atoms with Gasteiger partial charge in [0.2, 0.25) is 5.82 Å². The average Bonchev–Trinajstić information content (AvgIpc) is 2.97. The minimum absolute atomic E-state index is 0.240. The van der Waals surface area contributed by atoms with Gasteiger partial charge in [-0.1, -0.05) is 42.5 Å². The van der Waals surface area contributed by atoms with Crippen LogP contribution in [-0.4, -0.2) is 25.3 Å². The molecule has 21 heavy (non-hydrogen) atoms. The molecule has 0 saturated heterocycles. The second-order valence-electron chi connectivity index (χ2n) is 4.72. The molecule has 0 aliphatic rings. The van der Waals surface area contributed by atoms with Gasteiger partial charge in [-0.25, -0.2) is 0 Å².